The number of aryl methyl sites for hydroxylation is 2. The zero-order chi connectivity index (χ0) is 27.5. The summed E-state index contributed by atoms with van der Waals surface area (Å²) in [6, 6.07) is 18.7. The third kappa shape index (κ3) is 6.98. The van der Waals surface area contributed by atoms with Crippen molar-refractivity contribution in [2.45, 2.75) is 53.0 Å². The zero-order valence-electron chi connectivity index (χ0n) is 22.4. The van der Waals surface area contributed by atoms with Crippen molar-refractivity contribution in [3.8, 4) is 0 Å². The van der Waals surface area contributed by atoms with Crippen molar-refractivity contribution >= 4 is 38.9 Å². The highest BCUT2D eigenvalue weighted by molar-refractivity contribution is 7.92. The molecule has 196 valence electrons. The molecule has 3 aromatic carbocycles. The minimum Gasteiger partial charge on any atom is -0.324 e. The van der Waals surface area contributed by atoms with Crippen molar-refractivity contribution < 1.29 is 18.0 Å². The Morgan fingerprint density at radius 1 is 0.865 bits per heavy atom. The average molecular weight is 522 g/mol. The average Bonchev–Trinajstić information content (AvgIpc) is 2.80. The molecule has 0 aromatic heterocycles. The van der Waals surface area contributed by atoms with Gasteiger partial charge < -0.3 is 10.6 Å². The van der Waals surface area contributed by atoms with E-state index in [0.717, 1.165) is 27.3 Å². The molecule has 0 saturated heterocycles. The van der Waals surface area contributed by atoms with Gasteiger partial charge in [-0.15, -0.1) is 0 Å². The van der Waals surface area contributed by atoms with Crippen LogP contribution in [0.5, 0.6) is 0 Å². The topological polar surface area (TPSA) is 95.6 Å². The maximum atomic E-state index is 13.1. The molecule has 3 aromatic rings. The van der Waals surface area contributed by atoms with E-state index in [-0.39, 0.29) is 11.3 Å². The van der Waals surface area contributed by atoms with E-state index in [2.05, 4.69) is 31.4 Å². The molecule has 37 heavy (non-hydrogen) atoms. The van der Waals surface area contributed by atoms with E-state index in [1.807, 2.05) is 31.2 Å². The summed E-state index contributed by atoms with van der Waals surface area (Å²) in [7, 11) is -3.75. The Balaban J connectivity index is 1.77. The van der Waals surface area contributed by atoms with E-state index < -0.39 is 22.0 Å². The summed E-state index contributed by atoms with van der Waals surface area (Å²) >= 11 is 0. The van der Waals surface area contributed by atoms with Crippen LogP contribution < -0.4 is 14.9 Å². The molecular weight excluding hydrogens is 486 g/mol. The lowest BCUT2D eigenvalue weighted by Gasteiger charge is -2.29. The van der Waals surface area contributed by atoms with Crippen LogP contribution in [0.3, 0.4) is 0 Å². The first-order valence-electron chi connectivity index (χ1n) is 12.1. The first-order valence-corrected chi connectivity index (χ1v) is 13.9. The number of anilines is 3. The molecule has 2 N–H and O–H groups in total. The van der Waals surface area contributed by atoms with E-state index in [1.165, 1.54) is 0 Å². The van der Waals surface area contributed by atoms with Gasteiger partial charge in [0, 0.05) is 16.9 Å². The second-order valence-corrected chi connectivity index (χ2v) is 12.2. The van der Waals surface area contributed by atoms with Gasteiger partial charge in [0.1, 0.15) is 6.04 Å². The Morgan fingerprint density at radius 3 is 2.03 bits per heavy atom. The maximum absolute atomic E-state index is 13.1. The summed E-state index contributed by atoms with van der Waals surface area (Å²) in [5, 5.41) is 5.63. The third-order valence-electron chi connectivity index (χ3n) is 6.09. The number of carbonyl (C=O) groups excluding carboxylic acids is 2. The molecule has 0 aliphatic rings. The van der Waals surface area contributed by atoms with Crippen LogP contribution in [0.15, 0.2) is 66.7 Å². The van der Waals surface area contributed by atoms with Gasteiger partial charge in [-0.2, -0.15) is 0 Å². The van der Waals surface area contributed by atoms with Crippen molar-refractivity contribution in [3.63, 3.8) is 0 Å². The van der Waals surface area contributed by atoms with Crippen LogP contribution in [0.4, 0.5) is 17.1 Å². The van der Waals surface area contributed by atoms with Crippen LogP contribution in [0.1, 0.15) is 54.7 Å². The number of carbonyl (C=O) groups is 2. The quantitative estimate of drug-likeness (QED) is 0.420. The lowest BCUT2D eigenvalue weighted by Crippen LogP contribution is -2.45. The molecule has 8 heteroatoms. The van der Waals surface area contributed by atoms with Gasteiger partial charge >= 0.3 is 0 Å². The van der Waals surface area contributed by atoms with E-state index in [1.54, 1.807) is 56.3 Å². The lowest BCUT2D eigenvalue weighted by atomic mass is 9.87. The van der Waals surface area contributed by atoms with Crippen LogP contribution in [-0.4, -0.2) is 32.5 Å². The fourth-order valence-corrected chi connectivity index (χ4v) is 5.21. The SMILES string of the molecule is Cc1ccc(C)c(N([C@@H](C)C(=O)Nc2cccc(NC(=O)c3ccc(C(C)(C)C)cc3)c2)S(C)(=O)=O)c1. The number of hydrogen-bond acceptors (Lipinski definition) is 4. The summed E-state index contributed by atoms with van der Waals surface area (Å²) in [5.74, 6) is -0.761. The highest BCUT2D eigenvalue weighted by Gasteiger charge is 2.30. The van der Waals surface area contributed by atoms with Crippen molar-refractivity contribution in [1.82, 2.24) is 0 Å². The summed E-state index contributed by atoms with van der Waals surface area (Å²) < 4.78 is 26.5. The molecule has 0 heterocycles. The molecule has 2 amide bonds. The summed E-state index contributed by atoms with van der Waals surface area (Å²) in [5.41, 5.74) is 4.68. The van der Waals surface area contributed by atoms with Crippen LogP contribution >= 0.6 is 0 Å². The summed E-state index contributed by atoms with van der Waals surface area (Å²) in [4.78, 5) is 25.9. The van der Waals surface area contributed by atoms with Crippen molar-refractivity contribution in [2.75, 3.05) is 21.2 Å². The Labute approximate surface area is 220 Å². The molecule has 0 saturated carbocycles. The molecule has 1 atom stereocenters. The predicted octanol–water partition coefficient (Wildman–Crippen LogP) is 5.65. The van der Waals surface area contributed by atoms with Gasteiger partial charge in [0.25, 0.3) is 5.91 Å². The van der Waals surface area contributed by atoms with Crippen LogP contribution in [-0.2, 0) is 20.2 Å². The fraction of sp³-hybridized carbons (Fsp3) is 0.310. The molecule has 0 aliphatic carbocycles. The predicted molar refractivity (Wildman–Crippen MR) is 151 cm³/mol. The van der Waals surface area contributed by atoms with Gasteiger partial charge in [-0.3, -0.25) is 13.9 Å². The van der Waals surface area contributed by atoms with Crippen molar-refractivity contribution in [2.24, 2.45) is 0 Å². The number of nitrogens with zero attached hydrogens (tertiary/aromatic N) is 1. The Kier molecular flexibility index (Phi) is 8.12. The lowest BCUT2D eigenvalue weighted by molar-refractivity contribution is -0.116. The largest absolute Gasteiger partial charge is 0.324 e. The first-order chi connectivity index (χ1) is 17.2. The van der Waals surface area contributed by atoms with Gasteiger partial charge in [0.15, 0.2) is 0 Å². The normalized spacial score (nSPS) is 12.5. The van der Waals surface area contributed by atoms with Crippen molar-refractivity contribution in [3.05, 3.63) is 89.0 Å². The standard InChI is InChI=1S/C29H35N3O4S/c1-19-11-12-20(2)26(17-19)32(37(7,35)36)21(3)27(33)30-24-9-8-10-25(18-24)31-28(34)22-13-15-23(16-14-22)29(4,5)6/h8-18,21H,1-7H3,(H,30,33)(H,31,34)/t21-/m0/s1. The van der Waals surface area contributed by atoms with Gasteiger partial charge in [-0.1, -0.05) is 51.1 Å². The molecule has 0 fully saturated rings. The monoisotopic (exact) mass is 521 g/mol. The van der Waals surface area contributed by atoms with Gasteiger partial charge in [0.05, 0.1) is 11.9 Å². The minimum atomic E-state index is -3.75. The summed E-state index contributed by atoms with van der Waals surface area (Å²) in [6.45, 7) is 11.6. The highest BCUT2D eigenvalue weighted by Crippen LogP contribution is 2.27. The minimum absolute atomic E-state index is 0.0105. The number of sulfonamides is 1. The number of nitrogens with one attached hydrogen (secondary N) is 2. The van der Waals surface area contributed by atoms with Crippen LogP contribution in [0, 0.1) is 13.8 Å². The van der Waals surface area contributed by atoms with Gasteiger partial charge in [-0.25, -0.2) is 8.42 Å². The van der Waals surface area contributed by atoms with E-state index in [9.17, 15) is 18.0 Å². The summed E-state index contributed by atoms with van der Waals surface area (Å²) in [6.07, 6.45) is 1.09. The molecule has 0 aliphatic heterocycles. The molecule has 3 rings (SSSR count). The van der Waals surface area contributed by atoms with Crippen LogP contribution in [0.25, 0.3) is 0 Å². The molecule has 0 unspecified atom stereocenters. The smallest absolute Gasteiger partial charge is 0.255 e. The fourth-order valence-electron chi connectivity index (χ4n) is 3.98. The Hall–Kier alpha value is -3.65. The second-order valence-electron chi connectivity index (χ2n) is 10.4. The van der Waals surface area contributed by atoms with Gasteiger partial charge in [-0.05, 0) is 79.3 Å². The Morgan fingerprint density at radius 2 is 1.46 bits per heavy atom. The second kappa shape index (κ2) is 10.8. The molecule has 0 radical (unpaired) electrons. The molecule has 7 nitrogen and oxygen atoms in total. The van der Waals surface area contributed by atoms with E-state index in [4.69, 9.17) is 0 Å². The highest BCUT2D eigenvalue weighted by atomic mass is 32.2. The first kappa shape index (κ1) is 27.9. The maximum Gasteiger partial charge on any atom is 0.255 e. The Bertz CT molecular complexity index is 1410. The van der Waals surface area contributed by atoms with Gasteiger partial charge in [0.2, 0.25) is 15.9 Å². The van der Waals surface area contributed by atoms with E-state index >= 15 is 0 Å². The third-order valence-corrected chi connectivity index (χ3v) is 7.32. The molecule has 0 spiro atoms. The molecular formula is C29H35N3O4S. The van der Waals surface area contributed by atoms with E-state index in [0.29, 0.717) is 22.6 Å². The number of amides is 2. The zero-order valence-corrected chi connectivity index (χ0v) is 23.2. The number of hydrogen-bond donors (Lipinski definition) is 2. The van der Waals surface area contributed by atoms with Crippen molar-refractivity contribution in [1.29, 1.82) is 0 Å². The number of benzene rings is 3. The van der Waals surface area contributed by atoms with Crippen LogP contribution in [0.2, 0.25) is 0 Å². The number of rotatable bonds is 7. The molecule has 0 bridgehead atoms.